The van der Waals surface area contributed by atoms with E-state index in [9.17, 15) is 24.9 Å². The summed E-state index contributed by atoms with van der Waals surface area (Å²) in [6.45, 7) is -0.512. The number of H-pyrrole nitrogens is 1. The number of benzene rings is 2. The molecule has 2 aliphatic rings. The van der Waals surface area contributed by atoms with E-state index in [0.717, 1.165) is 22.3 Å². The van der Waals surface area contributed by atoms with Gasteiger partial charge in [0.1, 0.15) is 36.8 Å². The fourth-order valence-electron chi connectivity index (χ4n) is 4.78. The van der Waals surface area contributed by atoms with Crippen molar-refractivity contribution in [3.8, 4) is 11.1 Å². The number of aliphatic hydroxyl groups is 3. The van der Waals surface area contributed by atoms with Crippen LogP contribution in [0.3, 0.4) is 0 Å². The fraction of sp³-hybridized carbons (Fsp3) is 0.320. The lowest BCUT2D eigenvalue weighted by Gasteiger charge is -2.42. The van der Waals surface area contributed by atoms with Crippen LogP contribution >= 0.6 is 0 Å². The highest BCUT2D eigenvalue weighted by Gasteiger charge is 2.45. The van der Waals surface area contributed by atoms with Crippen LogP contribution in [0.25, 0.3) is 11.1 Å². The van der Waals surface area contributed by atoms with Crippen LogP contribution in [0.4, 0.5) is 10.6 Å². The van der Waals surface area contributed by atoms with Crippen LogP contribution in [-0.4, -0.2) is 75.2 Å². The number of carbonyl (C=O) groups is 1. The van der Waals surface area contributed by atoms with Crippen LogP contribution in [0.5, 0.6) is 0 Å². The number of alkyl carbamates (subject to hydrolysis) is 1. The van der Waals surface area contributed by atoms with Crippen molar-refractivity contribution < 1.29 is 29.6 Å². The first-order chi connectivity index (χ1) is 17.5. The summed E-state index contributed by atoms with van der Waals surface area (Å²) < 4.78 is 11.2. The standard InChI is InChI=1S/C25H26N4O7/c30-11-18-21(31)22(32)20(23(36-18)27-19-9-10-26-24(33)28-19)29-25(34)35-12-17-15-7-3-1-5-13(15)14-6-2-4-8-16(14)17/h1-10,17-18,20-23,30-32H,11-12H2,(H,29,34)(H2,26,27,28,33)/t18-,20-,21-,22-,23-/m1/s1. The summed E-state index contributed by atoms with van der Waals surface area (Å²) in [4.78, 5) is 30.4. The van der Waals surface area contributed by atoms with Crippen molar-refractivity contribution in [3.05, 3.63) is 82.4 Å². The summed E-state index contributed by atoms with van der Waals surface area (Å²) in [5.41, 5.74) is 3.67. The van der Waals surface area contributed by atoms with E-state index in [1.165, 1.54) is 12.3 Å². The Bertz CT molecular complexity index is 1250. The van der Waals surface area contributed by atoms with Crippen molar-refractivity contribution in [1.82, 2.24) is 15.3 Å². The van der Waals surface area contributed by atoms with E-state index in [2.05, 4.69) is 20.6 Å². The first-order valence-corrected chi connectivity index (χ1v) is 11.5. The summed E-state index contributed by atoms with van der Waals surface area (Å²) in [5, 5.41) is 36.0. The van der Waals surface area contributed by atoms with Crippen LogP contribution < -0.4 is 16.3 Å². The molecule has 1 aromatic heterocycles. The predicted octanol–water partition coefficient (Wildman–Crippen LogP) is 0.528. The van der Waals surface area contributed by atoms with Gasteiger partial charge in [0.25, 0.3) is 0 Å². The van der Waals surface area contributed by atoms with Crippen molar-refractivity contribution in [3.63, 3.8) is 0 Å². The number of hydrogen-bond donors (Lipinski definition) is 6. The number of nitrogens with zero attached hydrogens (tertiary/aromatic N) is 1. The lowest BCUT2D eigenvalue weighted by Crippen LogP contribution is -2.66. The second-order valence-electron chi connectivity index (χ2n) is 8.69. The van der Waals surface area contributed by atoms with E-state index in [1.807, 2.05) is 48.5 Å². The smallest absolute Gasteiger partial charge is 0.407 e. The normalized spacial score (nSPS) is 25.0. The number of aliphatic hydroxyl groups excluding tert-OH is 3. The summed E-state index contributed by atoms with van der Waals surface area (Å²) in [7, 11) is 0. The molecule has 0 saturated carbocycles. The molecule has 1 aliphatic carbocycles. The number of rotatable bonds is 6. The van der Waals surface area contributed by atoms with Gasteiger partial charge in [0.05, 0.1) is 6.61 Å². The summed E-state index contributed by atoms with van der Waals surface area (Å²) in [6.07, 6.45) is -4.75. The van der Waals surface area contributed by atoms with Gasteiger partial charge < -0.3 is 35.4 Å². The minimum Gasteiger partial charge on any atom is -0.449 e. The number of carbonyl (C=O) groups excluding carboxylic acids is 1. The second-order valence-corrected chi connectivity index (χ2v) is 8.69. The number of anilines is 1. The summed E-state index contributed by atoms with van der Waals surface area (Å²) >= 11 is 0. The molecule has 3 aromatic rings. The average molecular weight is 495 g/mol. The van der Waals surface area contributed by atoms with Gasteiger partial charge in [-0.3, -0.25) is 4.98 Å². The lowest BCUT2D eigenvalue weighted by molar-refractivity contribution is -0.185. The number of aromatic nitrogens is 2. The Morgan fingerprint density at radius 2 is 1.69 bits per heavy atom. The predicted molar refractivity (Wildman–Crippen MR) is 128 cm³/mol. The van der Waals surface area contributed by atoms with Crippen LogP contribution in [0.2, 0.25) is 0 Å². The Balaban J connectivity index is 1.31. The first kappa shape index (κ1) is 23.9. The van der Waals surface area contributed by atoms with Crippen molar-refractivity contribution in [1.29, 1.82) is 0 Å². The molecule has 2 heterocycles. The second kappa shape index (κ2) is 10.1. The van der Waals surface area contributed by atoms with E-state index in [1.54, 1.807) is 0 Å². The first-order valence-electron chi connectivity index (χ1n) is 11.5. The number of amides is 1. The Morgan fingerprint density at radius 1 is 1.03 bits per heavy atom. The summed E-state index contributed by atoms with van der Waals surface area (Å²) in [5.74, 6) is 0.0514. The Kier molecular flexibility index (Phi) is 6.70. The number of ether oxygens (including phenoxy) is 2. The topological polar surface area (TPSA) is 166 Å². The average Bonchev–Trinajstić information content (AvgIpc) is 3.21. The molecule has 6 N–H and O–H groups in total. The largest absolute Gasteiger partial charge is 0.449 e. The van der Waals surface area contributed by atoms with Gasteiger partial charge in [-0.15, -0.1) is 0 Å². The monoisotopic (exact) mass is 494 g/mol. The number of hydrogen-bond acceptors (Lipinski definition) is 9. The molecule has 0 radical (unpaired) electrons. The molecule has 1 aliphatic heterocycles. The maximum atomic E-state index is 12.8. The Hall–Kier alpha value is -3.77. The minimum absolute atomic E-state index is 0.0567. The molecule has 1 saturated heterocycles. The van der Waals surface area contributed by atoms with Gasteiger partial charge in [-0.1, -0.05) is 48.5 Å². The maximum Gasteiger partial charge on any atom is 0.407 e. The van der Waals surface area contributed by atoms with Gasteiger partial charge in [-0.25, -0.2) is 14.6 Å². The van der Waals surface area contributed by atoms with E-state index in [0.29, 0.717) is 0 Å². The summed E-state index contributed by atoms with van der Waals surface area (Å²) in [6, 6.07) is 16.1. The van der Waals surface area contributed by atoms with Crippen molar-refractivity contribution >= 4 is 11.9 Å². The number of fused-ring (bicyclic) bond motifs is 3. The molecule has 0 unspecified atom stereocenters. The zero-order chi connectivity index (χ0) is 25.2. The maximum absolute atomic E-state index is 12.8. The quantitative estimate of drug-likeness (QED) is 0.287. The van der Waals surface area contributed by atoms with Gasteiger partial charge in [-0.2, -0.15) is 0 Å². The third-order valence-corrected chi connectivity index (χ3v) is 6.53. The van der Waals surface area contributed by atoms with Crippen molar-refractivity contribution in [2.75, 3.05) is 18.5 Å². The van der Waals surface area contributed by atoms with E-state index in [4.69, 9.17) is 9.47 Å². The molecule has 188 valence electrons. The fourth-order valence-corrected chi connectivity index (χ4v) is 4.78. The number of aromatic amines is 1. The van der Waals surface area contributed by atoms with E-state index < -0.39 is 49.0 Å². The van der Waals surface area contributed by atoms with E-state index in [-0.39, 0.29) is 18.3 Å². The molecule has 5 atom stereocenters. The van der Waals surface area contributed by atoms with Crippen LogP contribution in [0.1, 0.15) is 17.0 Å². The highest BCUT2D eigenvalue weighted by atomic mass is 16.6. The molecular formula is C25H26N4O7. The third-order valence-electron chi connectivity index (χ3n) is 6.53. The van der Waals surface area contributed by atoms with Gasteiger partial charge in [0, 0.05) is 12.1 Å². The lowest BCUT2D eigenvalue weighted by atomic mass is 9.96. The highest BCUT2D eigenvalue weighted by Crippen LogP contribution is 2.44. The van der Waals surface area contributed by atoms with Gasteiger partial charge >= 0.3 is 11.8 Å². The molecule has 36 heavy (non-hydrogen) atoms. The van der Waals surface area contributed by atoms with Crippen molar-refractivity contribution in [2.45, 2.75) is 36.5 Å². The molecule has 11 heteroatoms. The Labute approximate surface area is 205 Å². The minimum atomic E-state index is -1.50. The molecule has 5 rings (SSSR count). The molecular weight excluding hydrogens is 468 g/mol. The van der Waals surface area contributed by atoms with E-state index >= 15 is 0 Å². The highest BCUT2D eigenvalue weighted by molar-refractivity contribution is 5.79. The van der Waals surface area contributed by atoms with Crippen LogP contribution in [0.15, 0.2) is 65.6 Å². The zero-order valence-corrected chi connectivity index (χ0v) is 19.1. The Morgan fingerprint density at radius 3 is 2.33 bits per heavy atom. The SMILES string of the molecule is O=C(N[C@@H]1[C@@H](O)[C@H](O)[C@@H](CO)O[C@H]1Nc1ccnc(=O)[nH]1)OCC1c2ccccc2-c2ccccc21. The molecule has 1 amide bonds. The molecule has 0 spiro atoms. The molecule has 11 nitrogen and oxygen atoms in total. The molecule has 1 fully saturated rings. The van der Waals surface area contributed by atoms with Crippen LogP contribution in [-0.2, 0) is 9.47 Å². The third kappa shape index (κ3) is 4.56. The zero-order valence-electron chi connectivity index (χ0n) is 19.1. The van der Waals surface area contributed by atoms with Crippen LogP contribution in [0, 0.1) is 0 Å². The van der Waals surface area contributed by atoms with Gasteiger partial charge in [-0.05, 0) is 28.3 Å². The molecule has 2 aromatic carbocycles. The molecule has 0 bridgehead atoms. The van der Waals surface area contributed by atoms with Gasteiger partial charge in [0.2, 0.25) is 0 Å². The van der Waals surface area contributed by atoms with Gasteiger partial charge in [0.15, 0.2) is 6.23 Å². The number of nitrogens with one attached hydrogen (secondary N) is 3. The van der Waals surface area contributed by atoms with Crippen molar-refractivity contribution in [2.24, 2.45) is 0 Å².